The lowest BCUT2D eigenvalue weighted by Gasteiger charge is -2.21. The first-order valence-electron chi connectivity index (χ1n) is 9.31. The van der Waals surface area contributed by atoms with Crippen molar-refractivity contribution in [1.29, 1.82) is 5.26 Å². The van der Waals surface area contributed by atoms with E-state index in [0.29, 0.717) is 34.3 Å². The van der Waals surface area contributed by atoms with Crippen LogP contribution in [0.15, 0.2) is 54.6 Å². The van der Waals surface area contributed by atoms with E-state index in [9.17, 15) is 13.2 Å². The second-order valence-electron chi connectivity index (χ2n) is 7.73. The van der Waals surface area contributed by atoms with Gasteiger partial charge in [0.05, 0.1) is 17.3 Å². The second kappa shape index (κ2) is 8.52. The van der Waals surface area contributed by atoms with E-state index in [4.69, 9.17) is 5.26 Å². The lowest BCUT2D eigenvalue weighted by molar-refractivity contribution is -0.274. The van der Waals surface area contributed by atoms with E-state index in [1.165, 1.54) is 18.2 Å². The summed E-state index contributed by atoms with van der Waals surface area (Å²) in [6.07, 6.45) is -4.79. The number of halogens is 3. The normalized spacial score (nSPS) is 11.5. The van der Waals surface area contributed by atoms with Gasteiger partial charge in [0.1, 0.15) is 11.6 Å². The minimum atomic E-state index is -4.79. The molecule has 3 aromatic rings. The molecule has 0 amide bonds. The van der Waals surface area contributed by atoms with E-state index < -0.39 is 6.36 Å². The van der Waals surface area contributed by atoms with Gasteiger partial charge >= 0.3 is 6.36 Å². The van der Waals surface area contributed by atoms with Crippen LogP contribution in [0.2, 0.25) is 0 Å². The molecule has 0 aliphatic carbocycles. The van der Waals surface area contributed by atoms with Crippen molar-refractivity contribution >= 4 is 17.5 Å². The topological polar surface area (TPSA) is 82.9 Å². The Morgan fingerprint density at radius 1 is 0.968 bits per heavy atom. The molecule has 0 saturated heterocycles. The van der Waals surface area contributed by atoms with Crippen molar-refractivity contribution in [2.45, 2.75) is 32.7 Å². The molecular formula is C22H20F3N5O. The molecule has 0 saturated carbocycles. The number of aromatic nitrogens is 2. The summed E-state index contributed by atoms with van der Waals surface area (Å²) in [7, 11) is 0. The molecule has 2 aromatic carbocycles. The van der Waals surface area contributed by atoms with Crippen molar-refractivity contribution in [2.24, 2.45) is 0 Å². The Hall–Kier alpha value is -3.80. The van der Waals surface area contributed by atoms with Crippen LogP contribution in [0.4, 0.5) is 30.6 Å². The summed E-state index contributed by atoms with van der Waals surface area (Å²) < 4.78 is 41.8. The van der Waals surface area contributed by atoms with Gasteiger partial charge in [-0.15, -0.1) is 13.2 Å². The number of hydrogen-bond donors (Lipinski definition) is 2. The van der Waals surface area contributed by atoms with Crippen LogP contribution < -0.4 is 15.4 Å². The van der Waals surface area contributed by atoms with Crippen LogP contribution in [0.25, 0.3) is 11.3 Å². The Kier molecular flexibility index (Phi) is 6.02. The highest BCUT2D eigenvalue weighted by molar-refractivity contribution is 5.69. The minimum Gasteiger partial charge on any atom is -0.406 e. The van der Waals surface area contributed by atoms with Gasteiger partial charge in [-0.2, -0.15) is 10.2 Å². The van der Waals surface area contributed by atoms with E-state index in [0.717, 1.165) is 0 Å². The fourth-order valence-electron chi connectivity index (χ4n) is 2.72. The zero-order chi connectivity index (χ0) is 22.6. The number of hydrogen-bond acceptors (Lipinski definition) is 6. The van der Waals surface area contributed by atoms with Crippen molar-refractivity contribution < 1.29 is 17.9 Å². The van der Waals surface area contributed by atoms with Crippen LogP contribution in [-0.2, 0) is 0 Å². The molecule has 0 bridgehead atoms. The summed E-state index contributed by atoms with van der Waals surface area (Å²) in [5, 5.41) is 15.4. The summed E-state index contributed by atoms with van der Waals surface area (Å²) in [5.74, 6) is 0.366. The van der Waals surface area contributed by atoms with Gasteiger partial charge in [-0.1, -0.05) is 18.2 Å². The molecule has 6 nitrogen and oxygen atoms in total. The van der Waals surface area contributed by atoms with Gasteiger partial charge in [0.25, 0.3) is 0 Å². The van der Waals surface area contributed by atoms with Gasteiger partial charge < -0.3 is 15.4 Å². The number of benzene rings is 2. The molecule has 3 rings (SSSR count). The van der Waals surface area contributed by atoms with E-state index in [1.54, 1.807) is 36.4 Å². The van der Waals surface area contributed by atoms with Crippen LogP contribution in [0.1, 0.15) is 26.3 Å². The molecule has 0 radical (unpaired) electrons. The quantitative estimate of drug-likeness (QED) is 0.530. The van der Waals surface area contributed by atoms with Crippen molar-refractivity contribution in [1.82, 2.24) is 9.97 Å². The van der Waals surface area contributed by atoms with Gasteiger partial charge in [-0.25, -0.2) is 4.98 Å². The molecule has 0 aliphatic heterocycles. The van der Waals surface area contributed by atoms with Gasteiger partial charge in [-0.3, -0.25) is 0 Å². The molecular weight excluding hydrogens is 407 g/mol. The summed E-state index contributed by atoms with van der Waals surface area (Å²) in [4.78, 5) is 8.90. The zero-order valence-corrected chi connectivity index (χ0v) is 17.1. The first-order chi connectivity index (χ1) is 14.5. The fourth-order valence-corrected chi connectivity index (χ4v) is 2.72. The van der Waals surface area contributed by atoms with Crippen molar-refractivity contribution in [3.8, 4) is 23.1 Å². The van der Waals surface area contributed by atoms with Crippen LogP contribution in [-0.4, -0.2) is 21.9 Å². The Labute approximate surface area is 177 Å². The van der Waals surface area contributed by atoms with Crippen molar-refractivity contribution in [3.63, 3.8) is 0 Å². The first kappa shape index (κ1) is 21.9. The number of nitrogens with zero attached hydrogens (tertiary/aromatic N) is 3. The highest BCUT2D eigenvalue weighted by atomic mass is 19.4. The van der Waals surface area contributed by atoms with E-state index in [1.807, 2.05) is 20.8 Å². The smallest absolute Gasteiger partial charge is 0.406 e. The third kappa shape index (κ3) is 6.60. The molecule has 0 atom stereocenters. The summed E-state index contributed by atoms with van der Waals surface area (Å²) in [5.41, 5.74) is 1.59. The summed E-state index contributed by atoms with van der Waals surface area (Å²) >= 11 is 0. The van der Waals surface area contributed by atoms with Gasteiger partial charge in [0.2, 0.25) is 5.95 Å². The average Bonchev–Trinajstić information content (AvgIpc) is 2.65. The predicted octanol–water partition coefficient (Wildman–Crippen LogP) is 5.87. The SMILES string of the molecule is CC(C)(C)Nc1nc(Nc2cccc(C#N)c2)cc(-c2cccc(OC(F)(F)F)c2)n1. The molecule has 1 aromatic heterocycles. The number of rotatable bonds is 5. The lowest BCUT2D eigenvalue weighted by Crippen LogP contribution is -2.27. The van der Waals surface area contributed by atoms with E-state index in [-0.39, 0.29) is 11.3 Å². The van der Waals surface area contributed by atoms with Crippen LogP contribution >= 0.6 is 0 Å². The minimum absolute atomic E-state index is 0.297. The number of alkyl halides is 3. The maximum Gasteiger partial charge on any atom is 0.573 e. The Morgan fingerprint density at radius 2 is 1.71 bits per heavy atom. The molecule has 160 valence electrons. The molecule has 0 fully saturated rings. The Bertz CT molecular complexity index is 1120. The molecule has 0 spiro atoms. The largest absolute Gasteiger partial charge is 0.573 e. The first-order valence-corrected chi connectivity index (χ1v) is 9.31. The highest BCUT2D eigenvalue weighted by Crippen LogP contribution is 2.29. The number of nitrogens with one attached hydrogen (secondary N) is 2. The van der Waals surface area contributed by atoms with Gasteiger partial charge in [0.15, 0.2) is 0 Å². The van der Waals surface area contributed by atoms with Crippen molar-refractivity contribution in [2.75, 3.05) is 10.6 Å². The van der Waals surface area contributed by atoms with Crippen LogP contribution in [0.5, 0.6) is 5.75 Å². The van der Waals surface area contributed by atoms with Gasteiger partial charge in [-0.05, 0) is 51.1 Å². The van der Waals surface area contributed by atoms with E-state index in [2.05, 4.69) is 31.4 Å². The molecule has 9 heteroatoms. The predicted molar refractivity (Wildman–Crippen MR) is 112 cm³/mol. The number of nitriles is 1. The lowest BCUT2D eigenvalue weighted by atomic mass is 10.1. The molecule has 31 heavy (non-hydrogen) atoms. The third-order valence-corrected chi connectivity index (χ3v) is 3.84. The number of anilines is 3. The monoisotopic (exact) mass is 427 g/mol. The molecule has 1 heterocycles. The molecule has 2 N–H and O–H groups in total. The third-order valence-electron chi connectivity index (χ3n) is 3.84. The Balaban J connectivity index is 2.01. The Morgan fingerprint density at radius 3 is 2.39 bits per heavy atom. The van der Waals surface area contributed by atoms with E-state index >= 15 is 0 Å². The maximum absolute atomic E-state index is 12.6. The summed E-state index contributed by atoms with van der Waals surface area (Å²) in [6, 6.07) is 16.1. The highest BCUT2D eigenvalue weighted by Gasteiger charge is 2.31. The summed E-state index contributed by atoms with van der Waals surface area (Å²) in [6.45, 7) is 5.80. The van der Waals surface area contributed by atoms with Gasteiger partial charge in [0, 0.05) is 22.9 Å². The molecule has 0 unspecified atom stereocenters. The fraction of sp³-hybridized carbons (Fsp3) is 0.227. The van der Waals surface area contributed by atoms with Crippen molar-refractivity contribution in [3.05, 3.63) is 60.2 Å². The zero-order valence-electron chi connectivity index (χ0n) is 17.1. The van der Waals surface area contributed by atoms with Crippen LogP contribution in [0.3, 0.4) is 0 Å². The maximum atomic E-state index is 12.6. The van der Waals surface area contributed by atoms with Crippen LogP contribution in [0, 0.1) is 11.3 Å². The number of ether oxygens (including phenoxy) is 1. The molecule has 0 aliphatic rings. The second-order valence-corrected chi connectivity index (χ2v) is 7.73. The standard InChI is InChI=1S/C22H20F3N5O/c1-21(2,3)30-20-28-18(15-7-5-9-17(11-15)31-22(23,24)25)12-19(29-20)27-16-8-4-6-14(10-16)13-26/h4-12H,1-3H3,(H2,27,28,29,30). The average molecular weight is 427 g/mol.